The summed E-state index contributed by atoms with van der Waals surface area (Å²) in [6.07, 6.45) is 1.90. The SMILES string of the molecule is O=S1OCCCCO1. The molecule has 0 aromatic heterocycles. The third kappa shape index (κ3) is 1.90. The second kappa shape index (κ2) is 3.17. The van der Waals surface area contributed by atoms with Crippen molar-refractivity contribution >= 4 is 11.4 Å². The van der Waals surface area contributed by atoms with Gasteiger partial charge in [0, 0.05) is 0 Å². The Balaban J connectivity index is 2.27. The zero-order valence-electron chi connectivity index (χ0n) is 4.46. The summed E-state index contributed by atoms with van der Waals surface area (Å²) < 4.78 is 19.7. The van der Waals surface area contributed by atoms with E-state index in [9.17, 15) is 4.21 Å². The summed E-state index contributed by atoms with van der Waals surface area (Å²) in [5.74, 6) is 0. The van der Waals surface area contributed by atoms with Crippen LogP contribution < -0.4 is 0 Å². The highest BCUT2D eigenvalue weighted by molar-refractivity contribution is 7.75. The van der Waals surface area contributed by atoms with Gasteiger partial charge in [-0.3, -0.25) is 8.37 Å². The lowest BCUT2D eigenvalue weighted by Crippen LogP contribution is -1.97. The molecular formula is C4H8O3S. The topological polar surface area (TPSA) is 35.5 Å². The average molecular weight is 136 g/mol. The number of hydrogen-bond donors (Lipinski definition) is 0. The van der Waals surface area contributed by atoms with Crippen LogP contribution in [0.5, 0.6) is 0 Å². The van der Waals surface area contributed by atoms with Crippen LogP contribution in [0.15, 0.2) is 0 Å². The lowest BCUT2D eigenvalue weighted by Gasteiger charge is -1.92. The van der Waals surface area contributed by atoms with Crippen LogP contribution in [0.4, 0.5) is 0 Å². The normalized spacial score (nSPS) is 25.0. The zero-order chi connectivity index (χ0) is 5.82. The Morgan fingerprint density at radius 3 is 2.12 bits per heavy atom. The van der Waals surface area contributed by atoms with Gasteiger partial charge in [0.25, 0.3) is 0 Å². The van der Waals surface area contributed by atoms with Gasteiger partial charge in [0.2, 0.25) is 0 Å². The molecule has 1 saturated heterocycles. The molecule has 48 valence electrons. The first-order valence-electron chi connectivity index (χ1n) is 2.58. The van der Waals surface area contributed by atoms with E-state index in [0.717, 1.165) is 12.8 Å². The van der Waals surface area contributed by atoms with E-state index in [1.165, 1.54) is 0 Å². The molecule has 1 heterocycles. The average Bonchev–Trinajstić information content (AvgIpc) is 1.94. The molecule has 0 amide bonds. The minimum absolute atomic E-state index is 0.562. The largest absolute Gasteiger partial charge is 0.304 e. The minimum Gasteiger partial charge on any atom is -0.268 e. The van der Waals surface area contributed by atoms with Gasteiger partial charge >= 0.3 is 11.4 Å². The molecule has 0 spiro atoms. The van der Waals surface area contributed by atoms with Gasteiger partial charge in [-0.25, -0.2) is 0 Å². The lowest BCUT2D eigenvalue weighted by molar-refractivity contribution is 0.291. The first kappa shape index (κ1) is 6.19. The van der Waals surface area contributed by atoms with Crippen LogP contribution in [0.2, 0.25) is 0 Å². The van der Waals surface area contributed by atoms with Crippen molar-refractivity contribution in [3.8, 4) is 0 Å². The van der Waals surface area contributed by atoms with E-state index in [2.05, 4.69) is 8.37 Å². The standard InChI is InChI=1S/C4H8O3S/c5-8-6-3-1-2-4-7-8/h1-4H2. The Labute approximate surface area is 50.8 Å². The molecule has 0 aromatic carbocycles. The lowest BCUT2D eigenvalue weighted by atomic mass is 10.3. The molecule has 0 aliphatic carbocycles. The molecule has 3 nitrogen and oxygen atoms in total. The van der Waals surface area contributed by atoms with Crippen molar-refractivity contribution in [3.63, 3.8) is 0 Å². The Kier molecular flexibility index (Phi) is 2.45. The third-order valence-corrected chi connectivity index (χ3v) is 1.62. The van der Waals surface area contributed by atoms with Crippen molar-refractivity contribution in [2.45, 2.75) is 12.8 Å². The molecule has 0 unspecified atom stereocenters. The Bertz CT molecular complexity index is 83.3. The molecule has 0 N–H and O–H groups in total. The van der Waals surface area contributed by atoms with Crippen molar-refractivity contribution in [3.05, 3.63) is 0 Å². The zero-order valence-corrected chi connectivity index (χ0v) is 5.28. The van der Waals surface area contributed by atoms with Gasteiger partial charge in [0.1, 0.15) is 0 Å². The highest BCUT2D eigenvalue weighted by Crippen LogP contribution is 2.01. The predicted molar refractivity (Wildman–Crippen MR) is 29.3 cm³/mol. The molecule has 0 bridgehead atoms. The van der Waals surface area contributed by atoms with Gasteiger partial charge in [-0.05, 0) is 12.8 Å². The van der Waals surface area contributed by atoms with E-state index in [1.54, 1.807) is 0 Å². The van der Waals surface area contributed by atoms with Gasteiger partial charge in [-0.1, -0.05) is 0 Å². The molecule has 1 fully saturated rings. The summed E-state index contributed by atoms with van der Waals surface area (Å²) >= 11 is -1.46. The monoisotopic (exact) mass is 136 g/mol. The Morgan fingerprint density at radius 1 is 1.12 bits per heavy atom. The van der Waals surface area contributed by atoms with E-state index in [0.29, 0.717) is 13.2 Å². The summed E-state index contributed by atoms with van der Waals surface area (Å²) in [4.78, 5) is 0. The van der Waals surface area contributed by atoms with Crippen LogP contribution in [0, 0.1) is 0 Å². The summed E-state index contributed by atoms with van der Waals surface area (Å²) in [5, 5.41) is 0. The molecule has 1 aliphatic heterocycles. The van der Waals surface area contributed by atoms with Crippen LogP contribution >= 0.6 is 0 Å². The van der Waals surface area contributed by atoms with Crippen molar-refractivity contribution in [2.75, 3.05) is 13.2 Å². The van der Waals surface area contributed by atoms with Gasteiger partial charge < -0.3 is 0 Å². The maximum Gasteiger partial charge on any atom is 0.304 e. The molecule has 1 aliphatic rings. The molecule has 0 saturated carbocycles. The maximum atomic E-state index is 10.3. The fraction of sp³-hybridized carbons (Fsp3) is 1.00. The molecule has 1 rings (SSSR count). The summed E-state index contributed by atoms with van der Waals surface area (Å²) in [6, 6.07) is 0. The van der Waals surface area contributed by atoms with Crippen LogP contribution in [0.1, 0.15) is 12.8 Å². The Hall–Kier alpha value is 0.0700. The summed E-state index contributed by atoms with van der Waals surface area (Å²) in [7, 11) is 0. The predicted octanol–water partition coefficient (Wildman–Crippen LogP) is 0.392. The minimum atomic E-state index is -1.46. The fourth-order valence-corrected chi connectivity index (χ4v) is 1.07. The number of rotatable bonds is 0. The van der Waals surface area contributed by atoms with Gasteiger partial charge in [-0.15, -0.1) is 0 Å². The molecule has 4 heteroatoms. The van der Waals surface area contributed by atoms with E-state index in [4.69, 9.17) is 0 Å². The van der Waals surface area contributed by atoms with Crippen molar-refractivity contribution in [1.29, 1.82) is 0 Å². The smallest absolute Gasteiger partial charge is 0.268 e. The van der Waals surface area contributed by atoms with E-state index in [1.807, 2.05) is 0 Å². The first-order valence-corrected chi connectivity index (χ1v) is 3.58. The van der Waals surface area contributed by atoms with Gasteiger partial charge in [0.15, 0.2) is 0 Å². The second-order valence-corrected chi connectivity index (χ2v) is 2.43. The summed E-state index contributed by atoms with van der Waals surface area (Å²) in [6.45, 7) is 1.12. The highest BCUT2D eigenvalue weighted by atomic mass is 32.2. The maximum absolute atomic E-state index is 10.3. The van der Waals surface area contributed by atoms with Gasteiger partial charge in [-0.2, -0.15) is 4.21 Å². The van der Waals surface area contributed by atoms with Crippen LogP contribution in [0.3, 0.4) is 0 Å². The Morgan fingerprint density at radius 2 is 1.62 bits per heavy atom. The highest BCUT2D eigenvalue weighted by Gasteiger charge is 2.04. The second-order valence-electron chi connectivity index (χ2n) is 1.56. The van der Waals surface area contributed by atoms with Crippen molar-refractivity contribution in [1.82, 2.24) is 0 Å². The van der Waals surface area contributed by atoms with Crippen LogP contribution in [-0.4, -0.2) is 17.4 Å². The molecule has 0 aromatic rings. The van der Waals surface area contributed by atoms with Gasteiger partial charge in [0.05, 0.1) is 13.2 Å². The van der Waals surface area contributed by atoms with E-state index in [-0.39, 0.29) is 0 Å². The fourth-order valence-electron chi connectivity index (χ4n) is 0.492. The number of hydrogen-bond acceptors (Lipinski definition) is 3. The van der Waals surface area contributed by atoms with E-state index < -0.39 is 11.4 Å². The molecule has 0 atom stereocenters. The van der Waals surface area contributed by atoms with E-state index >= 15 is 0 Å². The first-order chi connectivity index (χ1) is 3.89. The third-order valence-electron chi connectivity index (χ3n) is 0.898. The summed E-state index contributed by atoms with van der Waals surface area (Å²) in [5.41, 5.74) is 0. The van der Waals surface area contributed by atoms with Crippen molar-refractivity contribution < 1.29 is 12.6 Å². The molecular weight excluding hydrogens is 128 g/mol. The van der Waals surface area contributed by atoms with Crippen LogP contribution in [0.25, 0.3) is 0 Å². The van der Waals surface area contributed by atoms with Crippen molar-refractivity contribution in [2.24, 2.45) is 0 Å². The quantitative estimate of drug-likeness (QED) is 0.483. The molecule has 0 radical (unpaired) electrons. The molecule has 8 heavy (non-hydrogen) atoms. The van der Waals surface area contributed by atoms with Crippen LogP contribution in [-0.2, 0) is 19.7 Å².